The lowest BCUT2D eigenvalue weighted by atomic mass is 10.0. The standard InChI is InChI=1S/C28H28N4O5/c1-36-19-25-24(29-26(33)15-22-7-3-4-8-23(22)28(35)37-2)18-32(30-25)17-21-12-10-20(11-13-21)16-31-14-6-5-9-27(31)34/h3-14,18H,15-17,19H2,1-2H3,(H,29,33). The average molecular weight is 501 g/mol. The number of ether oxygens (including phenoxy) is 2. The monoisotopic (exact) mass is 500 g/mol. The first kappa shape index (κ1) is 25.6. The fourth-order valence-corrected chi connectivity index (χ4v) is 3.97. The van der Waals surface area contributed by atoms with Gasteiger partial charge in [0, 0.05) is 25.6 Å². The van der Waals surface area contributed by atoms with Gasteiger partial charge in [-0.1, -0.05) is 48.5 Å². The maximum Gasteiger partial charge on any atom is 0.338 e. The molecule has 4 rings (SSSR count). The number of pyridine rings is 1. The van der Waals surface area contributed by atoms with Gasteiger partial charge in [-0.05, 0) is 28.8 Å². The van der Waals surface area contributed by atoms with Crippen LogP contribution in [0, 0.1) is 0 Å². The molecule has 2 aromatic carbocycles. The number of carbonyl (C=O) groups excluding carboxylic acids is 2. The molecule has 9 nitrogen and oxygen atoms in total. The van der Waals surface area contributed by atoms with Gasteiger partial charge in [0.05, 0.1) is 44.5 Å². The number of carbonyl (C=O) groups is 2. The molecule has 0 radical (unpaired) electrons. The molecule has 0 saturated carbocycles. The number of aromatic nitrogens is 3. The molecule has 37 heavy (non-hydrogen) atoms. The van der Waals surface area contributed by atoms with Gasteiger partial charge in [-0.3, -0.25) is 14.3 Å². The molecule has 0 aliphatic heterocycles. The van der Waals surface area contributed by atoms with Crippen LogP contribution in [-0.2, 0) is 40.4 Å². The minimum absolute atomic E-state index is 0.00877. The molecule has 2 heterocycles. The van der Waals surface area contributed by atoms with Crippen LogP contribution in [0.25, 0.3) is 0 Å². The molecule has 0 aliphatic rings. The third-order valence-corrected chi connectivity index (χ3v) is 5.79. The number of hydrogen-bond donors (Lipinski definition) is 1. The lowest BCUT2D eigenvalue weighted by Gasteiger charge is -2.08. The molecule has 2 aromatic heterocycles. The highest BCUT2D eigenvalue weighted by atomic mass is 16.5. The van der Waals surface area contributed by atoms with E-state index in [1.807, 2.05) is 30.3 Å². The summed E-state index contributed by atoms with van der Waals surface area (Å²) in [7, 11) is 2.87. The molecule has 0 aliphatic carbocycles. The third-order valence-electron chi connectivity index (χ3n) is 5.79. The van der Waals surface area contributed by atoms with Crippen LogP contribution in [0.1, 0.15) is 32.7 Å². The van der Waals surface area contributed by atoms with Gasteiger partial charge in [-0.15, -0.1) is 0 Å². The van der Waals surface area contributed by atoms with E-state index in [1.54, 1.807) is 59.1 Å². The van der Waals surface area contributed by atoms with Crippen molar-refractivity contribution in [2.45, 2.75) is 26.1 Å². The van der Waals surface area contributed by atoms with E-state index in [-0.39, 0.29) is 24.5 Å². The first-order chi connectivity index (χ1) is 18.0. The summed E-state index contributed by atoms with van der Waals surface area (Å²) in [6.07, 6.45) is 3.53. The summed E-state index contributed by atoms with van der Waals surface area (Å²) in [4.78, 5) is 36.8. The van der Waals surface area contributed by atoms with Crippen molar-refractivity contribution in [1.82, 2.24) is 14.3 Å². The van der Waals surface area contributed by atoms with Crippen LogP contribution in [-0.4, -0.2) is 40.4 Å². The summed E-state index contributed by atoms with van der Waals surface area (Å²) in [5.41, 5.74) is 4.05. The SMILES string of the molecule is COCc1nn(Cc2ccc(Cn3ccccc3=O)cc2)cc1NC(=O)Cc1ccccc1C(=O)OC. The number of rotatable bonds is 10. The van der Waals surface area contributed by atoms with E-state index in [0.29, 0.717) is 35.6 Å². The molecule has 0 unspecified atom stereocenters. The first-order valence-corrected chi connectivity index (χ1v) is 11.7. The quantitative estimate of drug-likeness (QED) is 0.335. The van der Waals surface area contributed by atoms with E-state index >= 15 is 0 Å². The van der Waals surface area contributed by atoms with Crippen molar-refractivity contribution in [3.8, 4) is 0 Å². The van der Waals surface area contributed by atoms with E-state index in [1.165, 1.54) is 13.2 Å². The van der Waals surface area contributed by atoms with Crippen LogP contribution in [0.5, 0.6) is 0 Å². The summed E-state index contributed by atoms with van der Waals surface area (Å²) in [5.74, 6) is -0.771. The van der Waals surface area contributed by atoms with Gasteiger partial charge in [0.2, 0.25) is 5.91 Å². The van der Waals surface area contributed by atoms with E-state index in [4.69, 9.17) is 9.47 Å². The lowest BCUT2D eigenvalue weighted by molar-refractivity contribution is -0.115. The predicted molar refractivity (Wildman–Crippen MR) is 138 cm³/mol. The van der Waals surface area contributed by atoms with E-state index in [0.717, 1.165) is 11.1 Å². The van der Waals surface area contributed by atoms with Crippen LogP contribution >= 0.6 is 0 Å². The Bertz CT molecular complexity index is 1440. The topological polar surface area (TPSA) is 104 Å². The van der Waals surface area contributed by atoms with Crippen LogP contribution in [0.15, 0.2) is 83.9 Å². The molecule has 9 heteroatoms. The summed E-state index contributed by atoms with van der Waals surface area (Å²) in [6.45, 7) is 1.21. The molecule has 1 N–H and O–H groups in total. The Morgan fingerprint density at radius 1 is 0.919 bits per heavy atom. The van der Waals surface area contributed by atoms with Crippen molar-refractivity contribution in [1.29, 1.82) is 0 Å². The van der Waals surface area contributed by atoms with Gasteiger partial charge in [-0.25, -0.2) is 4.79 Å². The summed E-state index contributed by atoms with van der Waals surface area (Å²) in [6, 6.07) is 19.9. The normalized spacial score (nSPS) is 10.8. The first-order valence-electron chi connectivity index (χ1n) is 11.7. The molecule has 190 valence electrons. The maximum absolute atomic E-state index is 12.8. The molecule has 0 bridgehead atoms. The molecule has 0 fully saturated rings. The van der Waals surface area contributed by atoms with E-state index in [9.17, 15) is 14.4 Å². The Kier molecular flexibility index (Phi) is 8.27. The van der Waals surface area contributed by atoms with Gasteiger partial charge < -0.3 is 19.4 Å². The zero-order valence-corrected chi connectivity index (χ0v) is 20.7. The summed E-state index contributed by atoms with van der Waals surface area (Å²) in [5, 5.41) is 7.46. The van der Waals surface area contributed by atoms with Gasteiger partial charge in [0.25, 0.3) is 5.56 Å². The average Bonchev–Trinajstić information content (AvgIpc) is 3.26. The van der Waals surface area contributed by atoms with Crippen LogP contribution in [0.4, 0.5) is 5.69 Å². The number of methoxy groups -OCH3 is 2. The van der Waals surface area contributed by atoms with Crippen LogP contribution in [0.2, 0.25) is 0 Å². The van der Waals surface area contributed by atoms with Crippen molar-refractivity contribution in [3.05, 3.63) is 117 Å². The Morgan fingerprint density at radius 2 is 1.62 bits per heavy atom. The van der Waals surface area contributed by atoms with Crippen molar-refractivity contribution in [3.63, 3.8) is 0 Å². The Labute approximate surface area is 214 Å². The summed E-state index contributed by atoms with van der Waals surface area (Å²) >= 11 is 0. The Balaban J connectivity index is 1.44. The van der Waals surface area contributed by atoms with Gasteiger partial charge >= 0.3 is 5.97 Å². The fourth-order valence-electron chi connectivity index (χ4n) is 3.97. The number of amides is 1. The van der Waals surface area contributed by atoms with Gasteiger partial charge in [0.1, 0.15) is 5.69 Å². The number of esters is 1. The van der Waals surface area contributed by atoms with Crippen LogP contribution < -0.4 is 10.9 Å². The number of nitrogens with zero attached hydrogens (tertiary/aromatic N) is 3. The zero-order valence-electron chi connectivity index (χ0n) is 20.7. The predicted octanol–water partition coefficient (Wildman–Crippen LogP) is 3.26. The van der Waals surface area contributed by atoms with E-state index in [2.05, 4.69) is 10.4 Å². The largest absolute Gasteiger partial charge is 0.465 e. The Morgan fingerprint density at radius 3 is 2.32 bits per heavy atom. The second-order valence-electron chi connectivity index (χ2n) is 8.48. The van der Waals surface area contributed by atoms with Gasteiger partial charge in [0.15, 0.2) is 0 Å². The number of nitrogens with one attached hydrogen (secondary N) is 1. The fraction of sp³-hybridized carbons (Fsp3) is 0.214. The zero-order chi connectivity index (χ0) is 26.2. The minimum atomic E-state index is -0.488. The van der Waals surface area contributed by atoms with Crippen molar-refractivity contribution >= 4 is 17.6 Å². The highest BCUT2D eigenvalue weighted by Crippen LogP contribution is 2.18. The second kappa shape index (κ2) is 12.0. The summed E-state index contributed by atoms with van der Waals surface area (Å²) < 4.78 is 13.5. The number of hydrogen-bond acceptors (Lipinski definition) is 6. The molecule has 0 atom stereocenters. The molecule has 1 amide bonds. The minimum Gasteiger partial charge on any atom is -0.465 e. The van der Waals surface area contributed by atoms with E-state index < -0.39 is 5.97 Å². The molecule has 0 saturated heterocycles. The number of benzene rings is 2. The maximum atomic E-state index is 12.8. The van der Waals surface area contributed by atoms with Crippen molar-refractivity contribution in [2.24, 2.45) is 0 Å². The van der Waals surface area contributed by atoms with Crippen molar-refractivity contribution < 1.29 is 19.1 Å². The molecule has 4 aromatic rings. The molecular weight excluding hydrogens is 472 g/mol. The number of anilines is 1. The second-order valence-corrected chi connectivity index (χ2v) is 8.48. The third kappa shape index (κ3) is 6.59. The van der Waals surface area contributed by atoms with Gasteiger partial charge in [-0.2, -0.15) is 5.10 Å². The molecule has 0 spiro atoms. The Hall–Kier alpha value is -4.50. The highest BCUT2D eigenvalue weighted by Gasteiger charge is 2.17. The molecular formula is C28H28N4O5. The highest BCUT2D eigenvalue weighted by molar-refractivity contribution is 5.96. The van der Waals surface area contributed by atoms with Crippen LogP contribution in [0.3, 0.4) is 0 Å². The lowest BCUT2D eigenvalue weighted by Crippen LogP contribution is -2.18. The smallest absolute Gasteiger partial charge is 0.338 e. The van der Waals surface area contributed by atoms with Crippen molar-refractivity contribution in [2.75, 3.05) is 19.5 Å².